The van der Waals surface area contributed by atoms with Crippen molar-refractivity contribution in [2.75, 3.05) is 46.0 Å². The van der Waals surface area contributed by atoms with Crippen LogP contribution in [0.3, 0.4) is 0 Å². The second kappa shape index (κ2) is 9.36. The summed E-state index contributed by atoms with van der Waals surface area (Å²) in [6.45, 7) is 9.22. The topological polar surface area (TPSA) is 67.9 Å². The number of nitrogens with zero attached hydrogens (tertiary/aromatic N) is 1. The van der Waals surface area contributed by atoms with E-state index in [0.717, 1.165) is 57.0 Å². The van der Waals surface area contributed by atoms with E-state index >= 15 is 0 Å². The first-order valence-corrected chi connectivity index (χ1v) is 10.0. The Morgan fingerprint density at radius 3 is 2.71 bits per heavy atom. The van der Waals surface area contributed by atoms with Crippen molar-refractivity contribution in [3.05, 3.63) is 23.8 Å². The molecule has 0 amide bonds. The molecule has 1 saturated heterocycles. The van der Waals surface area contributed by atoms with Crippen molar-refractivity contribution >= 4 is 10.0 Å². The zero-order valence-corrected chi connectivity index (χ0v) is 15.4. The highest BCUT2D eigenvalue weighted by Crippen LogP contribution is 2.21. The third-order valence-corrected chi connectivity index (χ3v) is 5.42. The maximum absolute atomic E-state index is 12.4. The van der Waals surface area contributed by atoms with Gasteiger partial charge in [-0.2, -0.15) is 0 Å². The molecule has 1 aliphatic heterocycles. The van der Waals surface area contributed by atoms with Crippen LogP contribution in [0.15, 0.2) is 23.1 Å². The Balaban J connectivity index is 1.84. The largest absolute Gasteiger partial charge is 0.493 e. The van der Waals surface area contributed by atoms with Gasteiger partial charge in [0.2, 0.25) is 10.0 Å². The molecular weight excluding hydrogens is 328 g/mol. The molecule has 1 aromatic carbocycles. The molecule has 24 heavy (non-hydrogen) atoms. The standard InChI is InChI=1S/C17H28N2O4S/c1-3-11-23-17-6-5-16(14-15(17)2)24(20,21)18-7-4-8-19-9-12-22-13-10-19/h5-6,14,18H,3-4,7-13H2,1-2H3. The fraction of sp³-hybridized carbons (Fsp3) is 0.647. The zero-order valence-electron chi connectivity index (χ0n) is 14.6. The maximum atomic E-state index is 12.4. The van der Waals surface area contributed by atoms with Gasteiger partial charge in [0.1, 0.15) is 5.75 Å². The molecule has 1 aliphatic rings. The second-order valence-corrected chi connectivity index (χ2v) is 7.75. The number of ether oxygens (including phenoxy) is 2. The third-order valence-electron chi connectivity index (χ3n) is 3.97. The first-order valence-electron chi connectivity index (χ1n) is 8.56. The summed E-state index contributed by atoms with van der Waals surface area (Å²) < 4.78 is 38.3. The van der Waals surface area contributed by atoms with E-state index in [0.29, 0.717) is 13.2 Å². The number of aryl methyl sites for hydroxylation is 1. The van der Waals surface area contributed by atoms with Gasteiger partial charge in [-0.3, -0.25) is 4.90 Å². The van der Waals surface area contributed by atoms with Crippen molar-refractivity contribution in [3.8, 4) is 5.75 Å². The van der Waals surface area contributed by atoms with Crippen molar-refractivity contribution < 1.29 is 17.9 Å². The van der Waals surface area contributed by atoms with E-state index in [1.807, 2.05) is 13.8 Å². The van der Waals surface area contributed by atoms with Crippen molar-refractivity contribution in [2.24, 2.45) is 0 Å². The first-order chi connectivity index (χ1) is 11.5. The van der Waals surface area contributed by atoms with E-state index in [2.05, 4.69) is 9.62 Å². The van der Waals surface area contributed by atoms with Crippen LogP contribution in [0.4, 0.5) is 0 Å². The molecule has 7 heteroatoms. The first kappa shape index (κ1) is 19.2. The third kappa shape index (κ3) is 5.73. The number of nitrogens with one attached hydrogen (secondary N) is 1. The van der Waals surface area contributed by atoms with E-state index in [-0.39, 0.29) is 4.90 Å². The monoisotopic (exact) mass is 356 g/mol. The van der Waals surface area contributed by atoms with E-state index < -0.39 is 10.0 Å². The van der Waals surface area contributed by atoms with E-state index in [1.165, 1.54) is 0 Å². The lowest BCUT2D eigenvalue weighted by Crippen LogP contribution is -2.38. The number of morpholine rings is 1. The molecule has 1 fully saturated rings. The van der Waals surface area contributed by atoms with Crippen LogP contribution in [0, 0.1) is 6.92 Å². The highest BCUT2D eigenvalue weighted by atomic mass is 32.2. The predicted molar refractivity (Wildman–Crippen MR) is 94.0 cm³/mol. The van der Waals surface area contributed by atoms with Gasteiger partial charge in [-0.15, -0.1) is 0 Å². The molecular formula is C17H28N2O4S. The normalized spacial score (nSPS) is 16.2. The molecule has 136 valence electrons. The molecule has 0 unspecified atom stereocenters. The minimum Gasteiger partial charge on any atom is -0.493 e. The molecule has 0 aromatic heterocycles. The van der Waals surface area contributed by atoms with Gasteiger partial charge in [0, 0.05) is 19.6 Å². The van der Waals surface area contributed by atoms with Crippen LogP contribution >= 0.6 is 0 Å². The Labute approximate surface area is 145 Å². The van der Waals surface area contributed by atoms with Gasteiger partial charge in [-0.25, -0.2) is 13.1 Å². The lowest BCUT2D eigenvalue weighted by Gasteiger charge is -2.26. The Morgan fingerprint density at radius 1 is 1.29 bits per heavy atom. The van der Waals surface area contributed by atoms with E-state index in [4.69, 9.17) is 9.47 Å². The quantitative estimate of drug-likeness (QED) is 0.683. The summed E-state index contributed by atoms with van der Waals surface area (Å²) >= 11 is 0. The van der Waals surface area contributed by atoms with Gasteiger partial charge in [0.05, 0.1) is 24.7 Å². The number of hydrogen-bond donors (Lipinski definition) is 1. The Morgan fingerprint density at radius 2 is 2.04 bits per heavy atom. The van der Waals surface area contributed by atoms with Crippen LogP contribution in [-0.2, 0) is 14.8 Å². The van der Waals surface area contributed by atoms with Crippen LogP contribution in [-0.4, -0.2) is 59.3 Å². The van der Waals surface area contributed by atoms with Crippen LogP contribution in [0.2, 0.25) is 0 Å². The summed E-state index contributed by atoms with van der Waals surface area (Å²) in [5.41, 5.74) is 0.833. The molecule has 0 bridgehead atoms. The van der Waals surface area contributed by atoms with Crippen LogP contribution in [0.1, 0.15) is 25.3 Å². The molecule has 1 N–H and O–H groups in total. The molecule has 1 heterocycles. The highest BCUT2D eigenvalue weighted by molar-refractivity contribution is 7.89. The second-order valence-electron chi connectivity index (χ2n) is 5.98. The fourth-order valence-corrected chi connectivity index (χ4v) is 3.74. The molecule has 1 aromatic rings. The van der Waals surface area contributed by atoms with Gasteiger partial charge < -0.3 is 9.47 Å². The van der Waals surface area contributed by atoms with Crippen molar-refractivity contribution in [1.29, 1.82) is 0 Å². The molecule has 0 saturated carbocycles. The minimum absolute atomic E-state index is 0.287. The van der Waals surface area contributed by atoms with Gasteiger partial charge in [-0.1, -0.05) is 6.92 Å². The Kier molecular flexibility index (Phi) is 7.48. The van der Waals surface area contributed by atoms with E-state index in [1.54, 1.807) is 18.2 Å². The summed E-state index contributed by atoms with van der Waals surface area (Å²) in [6.07, 6.45) is 1.71. The van der Waals surface area contributed by atoms with Gasteiger partial charge >= 0.3 is 0 Å². The zero-order chi connectivity index (χ0) is 17.4. The number of sulfonamides is 1. The van der Waals surface area contributed by atoms with Crippen LogP contribution < -0.4 is 9.46 Å². The fourth-order valence-electron chi connectivity index (χ4n) is 2.58. The molecule has 0 atom stereocenters. The predicted octanol–water partition coefficient (Wildman–Crippen LogP) is 1.78. The summed E-state index contributed by atoms with van der Waals surface area (Å²) in [6, 6.07) is 4.99. The number of rotatable bonds is 9. The summed E-state index contributed by atoms with van der Waals surface area (Å²) in [5, 5.41) is 0. The van der Waals surface area contributed by atoms with Crippen molar-refractivity contribution in [2.45, 2.75) is 31.6 Å². The number of hydrogen-bond acceptors (Lipinski definition) is 5. The molecule has 0 aliphatic carbocycles. The van der Waals surface area contributed by atoms with Crippen LogP contribution in [0.5, 0.6) is 5.75 Å². The molecule has 6 nitrogen and oxygen atoms in total. The Bertz CT molecular complexity index is 613. The molecule has 0 radical (unpaired) electrons. The SMILES string of the molecule is CCCOc1ccc(S(=O)(=O)NCCCN2CCOCC2)cc1C. The lowest BCUT2D eigenvalue weighted by molar-refractivity contribution is 0.0376. The average Bonchev–Trinajstić information content (AvgIpc) is 2.58. The van der Waals surface area contributed by atoms with Crippen LogP contribution in [0.25, 0.3) is 0 Å². The smallest absolute Gasteiger partial charge is 0.240 e. The molecule has 2 rings (SSSR count). The number of benzene rings is 1. The lowest BCUT2D eigenvalue weighted by atomic mass is 10.2. The van der Waals surface area contributed by atoms with Gasteiger partial charge in [0.25, 0.3) is 0 Å². The minimum atomic E-state index is -3.47. The summed E-state index contributed by atoms with van der Waals surface area (Å²) in [5.74, 6) is 0.739. The van der Waals surface area contributed by atoms with Crippen molar-refractivity contribution in [3.63, 3.8) is 0 Å². The highest BCUT2D eigenvalue weighted by Gasteiger charge is 2.16. The van der Waals surface area contributed by atoms with Gasteiger partial charge in [0.15, 0.2) is 0 Å². The van der Waals surface area contributed by atoms with Gasteiger partial charge in [-0.05, 0) is 50.1 Å². The molecule has 0 spiro atoms. The maximum Gasteiger partial charge on any atom is 0.240 e. The average molecular weight is 356 g/mol. The Hall–Kier alpha value is -1.15. The summed E-state index contributed by atoms with van der Waals surface area (Å²) in [7, 11) is -3.47. The van der Waals surface area contributed by atoms with Crippen molar-refractivity contribution in [1.82, 2.24) is 9.62 Å². The summed E-state index contributed by atoms with van der Waals surface area (Å²) in [4.78, 5) is 2.58. The van der Waals surface area contributed by atoms with E-state index in [9.17, 15) is 8.42 Å².